The summed E-state index contributed by atoms with van der Waals surface area (Å²) in [4.78, 5) is 18.4. The fourth-order valence-electron chi connectivity index (χ4n) is 1.34. The molecule has 0 saturated carbocycles. The molecule has 0 bridgehead atoms. The van der Waals surface area contributed by atoms with Crippen LogP contribution < -0.4 is 5.32 Å². The lowest BCUT2D eigenvalue weighted by atomic mass is 10.3. The Morgan fingerprint density at radius 3 is 2.94 bits per heavy atom. The summed E-state index contributed by atoms with van der Waals surface area (Å²) < 4.78 is 5.11. The molecular formula is C11H11N3O3. The zero-order valence-electron chi connectivity index (χ0n) is 8.96. The van der Waals surface area contributed by atoms with E-state index in [4.69, 9.17) is 9.52 Å². The third-order valence-corrected chi connectivity index (χ3v) is 2.13. The predicted octanol–water partition coefficient (Wildman–Crippen LogP) is 1.42. The molecule has 0 radical (unpaired) electrons. The number of nitrogens with one attached hydrogen (secondary N) is 1. The van der Waals surface area contributed by atoms with Crippen molar-refractivity contribution in [1.29, 1.82) is 0 Å². The summed E-state index contributed by atoms with van der Waals surface area (Å²) in [5.74, 6) is 0.260. The molecule has 6 nitrogen and oxygen atoms in total. The fourth-order valence-corrected chi connectivity index (χ4v) is 1.34. The smallest absolute Gasteiger partial charge is 0.371 e. The summed E-state index contributed by atoms with van der Waals surface area (Å²) in [6.45, 7) is 0.615. The lowest BCUT2D eigenvalue weighted by Crippen LogP contribution is -2.05. The van der Waals surface area contributed by atoms with Crippen LogP contribution in [0.2, 0.25) is 0 Å². The van der Waals surface area contributed by atoms with Gasteiger partial charge in [-0.15, -0.1) is 0 Å². The van der Waals surface area contributed by atoms with E-state index in [1.807, 2.05) is 0 Å². The van der Waals surface area contributed by atoms with Gasteiger partial charge in [-0.2, -0.15) is 0 Å². The van der Waals surface area contributed by atoms with Gasteiger partial charge < -0.3 is 14.8 Å². The van der Waals surface area contributed by atoms with Crippen molar-refractivity contribution in [2.24, 2.45) is 0 Å². The van der Waals surface area contributed by atoms with Crippen LogP contribution in [0.15, 0.2) is 35.1 Å². The summed E-state index contributed by atoms with van der Waals surface area (Å²) >= 11 is 0. The van der Waals surface area contributed by atoms with E-state index in [9.17, 15) is 4.79 Å². The first-order chi connectivity index (χ1) is 8.25. The molecule has 2 heterocycles. The number of anilines is 1. The summed E-state index contributed by atoms with van der Waals surface area (Å²) in [5, 5.41) is 11.7. The number of rotatable bonds is 5. The van der Waals surface area contributed by atoms with Gasteiger partial charge in [-0.25, -0.2) is 14.8 Å². The maximum atomic E-state index is 10.6. The van der Waals surface area contributed by atoms with E-state index in [0.29, 0.717) is 18.7 Å². The van der Waals surface area contributed by atoms with Gasteiger partial charge in [0.25, 0.3) is 0 Å². The second-order valence-electron chi connectivity index (χ2n) is 3.34. The van der Waals surface area contributed by atoms with Crippen molar-refractivity contribution >= 4 is 11.8 Å². The zero-order valence-corrected chi connectivity index (χ0v) is 8.96. The number of aromatic nitrogens is 2. The summed E-state index contributed by atoms with van der Waals surface area (Å²) in [6, 6.07) is 4.86. The molecule has 2 aromatic rings. The highest BCUT2D eigenvalue weighted by atomic mass is 16.4. The molecule has 0 amide bonds. The standard InChI is InChI=1S/C11H11N3O3/c15-11(16)9-2-1-8(17-9)3-6-13-10-4-5-12-7-14-10/h1-2,4-5,7H,3,6H2,(H,15,16)(H,12,13,14). The first kappa shape index (κ1) is 11.1. The van der Waals surface area contributed by atoms with Gasteiger partial charge in [0, 0.05) is 19.2 Å². The summed E-state index contributed by atoms with van der Waals surface area (Å²) in [6.07, 6.45) is 3.69. The highest BCUT2D eigenvalue weighted by Gasteiger charge is 2.08. The normalized spacial score (nSPS) is 10.1. The van der Waals surface area contributed by atoms with Gasteiger partial charge in [-0.3, -0.25) is 0 Å². The number of hydrogen-bond donors (Lipinski definition) is 2. The van der Waals surface area contributed by atoms with Gasteiger partial charge in [0.15, 0.2) is 0 Å². The van der Waals surface area contributed by atoms with Crippen LogP contribution in [0.25, 0.3) is 0 Å². The molecule has 0 atom stereocenters. The minimum atomic E-state index is -1.06. The van der Waals surface area contributed by atoms with Crippen LogP contribution in [0.3, 0.4) is 0 Å². The fraction of sp³-hybridized carbons (Fsp3) is 0.182. The molecule has 0 aromatic carbocycles. The van der Waals surface area contributed by atoms with E-state index >= 15 is 0 Å². The Kier molecular flexibility index (Phi) is 3.34. The largest absolute Gasteiger partial charge is 0.475 e. The maximum Gasteiger partial charge on any atom is 0.371 e. The number of carboxylic acids is 1. The SMILES string of the molecule is O=C(O)c1ccc(CCNc2ccncn2)o1. The lowest BCUT2D eigenvalue weighted by Gasteiger charge is -2.02. The number of nitrogens with zero attached hydrogens (tertiary/aromatic N) is 2. The van der Waals surface area contributed by atoms with E-state index in [-0.39, 0.29) is 5.76 Å². The molecule has 0 unspecified atom stereocenters. The molecular weight excluding hydrogens is 222 g/mol. The second kappa shape index (κ2) is 5.11. The molecule has 2 N–H and O–H groups in total. The number of furan rings is 1. The van der Waals surface area contributed by atoms with Gasteiger partial charge in [-0.05, 0) is 18.2 Å². The van der Waals surface area contributed by atoms with E-state index in [1.165, 1.54) is 12.4 Å². The van der Waals surface area contributed by atoms with Crippen molar-refractivity contribution in [1.82, 2.24) is 9.97 Å². The maximum absolute atomic E-state index is 10.6. The molecule has 88 valence electrons. The number of aromatic carboxylic acids is 1. The Morgan fingerprint density at radius 2 is 2.29 bits per heavy atom. The minimum absolute atomic E-state index is 0.0398. The van der Waals surface area contributed by atoms with E-state index in [2.05, 4.69) is 15.3 Å². The van der Waals surface area contributed by atoms with Crippen LogP contribution in [0, 0.1) is 0 Å². The molecule has 0 aliphatic rings. The molecule has 6 heteroatoms. The van der Waals surface area contributed by atoms with Crippen LogP contribution in [-0.4, -0.2) is 27.6 Å². The third kappa shape index (κ3) is 3.04. The first-order valence-electron chi connectivity index (χ1n) is 5.07. The number of hydrogen-bond acceptors (Lipinski definition) is 5. The molecule has 0 saturated heterocycles. The number of carboxylic acid groups (broad SMARTS) is 1. The minimum Gasteiger partial charge on any atom is -0.475 e. The van der Waals surface area contributed by atoms with Crippen LogP contribution in [-0.2, 0) is 6.42 Å². The Hall–Kier alpha value is -2.37. The van der Waals surface area contributed by atoms with Crippen molar-refractivity contribution in [2.75, 3.05) is 11.9 Å². The average Bonchev–Trinajstić information content (AvgIpc) is 2.79. The van der Waals surface area contributed by atoms with Gasteiger partial charge in [0.1, 0.15) is 17.9 Å². The topological polar surface area (TPSA) is 88.2 Å². The van der Waals surface area contributed by atoms with Crippen molar-refractivity contribution < 1.29 is 14.3 Å². The quantitative estimate of drug-likeness (QED) is 0.812. The highest BCUT2D eigenvalue weighted by Crippen LogP contribution is 2.08. The second-order valence-corrected chi connectivity index (χ2v) is 3.34. The van der Waals surface area contributed by atoms with Crippen molar-refractivity contribution in [3.8, 4) is 0 Å². The van der Waals surface area contributed by atoms with Crippen molar-refractivity contribution in [2.45, 2.75) is 6.42 Å². The molecule has 0 aliphatic carbocycles. The predicted molar refractivity (Wildman–Crippen MR) is 59.9 cm³/mol. The summed E-state index contributed by atoms with van der Waals surface area (Å²) in [7, 11) is 0. The molecule has 0 spiro atoms. The Morgan fingerprint density at radius 1 is 1.41 bits per heavy atom. The van der Waals surface area contributed by atoms with Crippen LogP contribution >= 0.6 is 0 Å². The van der Waals surface area contributed by atoms with Crippen LogP contribution in [0.1, 0.15) is 16.3 Å². The van der Waals surface area contributed by atoms with E-state index in [1.54, 1.807) is 18.3 Å². The highest BCUT2D eigenvalue weighted by molar-refractivity contribution is 5.84. The Labute approximate surface area is 97.3 Å². The van der Waals surface area contributed by atoms with Gasteiger partial charge in [0.05, 0.1) is 0 Å². The first-order valence-corrected chi connectivity index (χ1v) is 5.07. The van der Waals surface area contributed by atoms with Crippen LogP contribution in [0.4, 0.5) is 5.82 Å². The van der Waals surface area contributed by atoms with Crippen LogP contribution in [0.5, 0.6) is 0 Å². The Bertz CT molecular complexity index is 496. The third-order valence-electron chi connectivity index (χ3n) is 2.13. The lowest BCUT2D eigenvalue weighted by molar-refractivity contribution is 0.0660. The summed E-state index contributed by atoms with van der Waals surface area (Å²) in [5.41, 5.74) is 0. The molecule has 2 rings (SSSR count). The van der Waals surface area contributed by atoms with E-state index in [0.717, 1.165) is 5.82 Å². The van der Waals surface area contributed by atoms with Gasteiger partial charge in [-0.1, -0.05) is 0 Å². The van der Waals surface area contributed by atoms with E-state index < -0.39 is 5.97 Å². The molecule has 2 aromatic heterocycles. The van der Waals surface area contributed by atoms with Crippen molar-refractivity contribution in [3.63, 3.8) is 0 Å². The number of carbonyl (C=O) groups is 1. The Balaban J connectivity index is 1.84. The van der Waals surface area contributed by atoms with Crippen molar-refractivity contribution in [3.05, 3.63) is 42.2 Å². The average molecular weight is 233 g/mol. The monoisotopic (exact) mass is 233 g/mol. The molecule has 17 heavy (non-hydrogen) atoms. The molecule has 0 fully saturated rings. The van der Waals surface area contributed by atoms with Gasteiger partial charge >= 0.3 is 5.97 Å². The molecule has 0 aliphatic heterocycles. The van der Waals surface area contributed by atoms with Gasteiger partial charge in [0.2, 0.25) is 5.76 Å². The zero-order chi connectivity index (χ0) is 12.1.